The van der Waals surface area contributed by atoms with Gasteiger partial charge in [-0.15, -0.1) is 0 Å². The maximum absolute atomic E-state index is 12.6. The van der Waals surface area contributed by atoms with Crippen LogP contribution in [0.4, 0.5) is 11.4 Å². The third-order valence-corrected chi connectivity index (χ3v) is 3.74. The van der Waals surface area contributed by atoms with Crippen LogP contribution in [0.2, 0.25) is 0 Å². The van der Waals surface area contributed by atoms with E-state index < -0.39 is 0 Å². The van der Waals surface area contributed by atoms with Gasteiger partial charge in [0.15, 0.2) is 0 Å². The average molecular weight is 282 g/mol. The van der Waals surface area contributed by atoms with Crippen molar-refractivity contribution in [2.45, 2.75) is 12.3 Å². The van der Waals surface area contributed by atoms with E-state index in [4.69, 9.17) is 4.74 Å². The zero-order valence-electron chi connectivity index (χ0n) is 11.9. The van der Waals surface area contributed by atoms with Crippen LogP contribution in [0.1, 0.15) is 17.9 Å². The van der Waals surface area contributed by atoms with Gasteiger partial charge in [-0.2, -0.15) is 0 Å². The lowest BCUT2D eigenvalue weighted by Gasteiger charge is -2.25. The van der Waals surface area contributed by atoms with E-state index in [1.54, 1.807) is 7.11 Å². The molecule has 4 heteroatoms. The summed E-state index contributed by atoms with van der Waals surface area (Å²) in [5.41, 5.74) is 2.87. The molecule has 1 unspecified atom stereocenters. The van der Waals surface area contributed by atoms with Crippen molar-refractivity contribution in [3.8, 4) is 5.75 Å². The normalized spacial score (nSPS) is 16.5. The maximum Gasteiger partial charge on any atom is 0.232 e. The number of anilines is 2. The van der Waals surface area contributed by atoms with Crippen molar-refractivity contribution in [2.24, 2.45) is 0 Å². The summed E-state index contributed by atoms with van der Waals surface area (Å²) < 4.78 is 5.18. The first-order valence-corrected chi connectivity index (χ1v) is 7.05. The first kappa shape index (κ1) is 13.5. The summed E-state index contributed by atoms with van der Waals surface area (Å²) >= 11 is 0. The van der Waals surface area contributed by atoms with E-state index in [1.165, 1.54) is 0 Å². The number of carbonyl (C=O) groups is 1. The fraction of sp³-hybridized carbons (Fsp3) is 0.235. The van der Waals surface area contributed by atoms with Crippen molar-refractivity contribution in [3.63, 3.8) is 0 Å². The molecule has 0 saturated carbocycles. The van der Waals surface area contributed by atoms with E-state index in [0.717, 1.165) is 35.7 Å². The van der Waals surface area contributed by atoms with Gasteiger partial charge < -0.3 is 15.4 Å². The van der Waals surface area contributed by atoms with Gasteiger partial charge in [0.1, 0.15) is 5.75 Å². The fourth-order valence-electron chi connectivity index (χ4n) is 2.67. The predicted octanol–water partition coefficient (Wildman–Crippen LogP) is 3.23. The zero-order valence-corrected chi connectivity index (χ0v) is 11.9. The van der Waals surface area contributed by atoms with Crippen LogP contribution in [-0.2, 0) is 4.79 Å². The lowest BCUT2D eigenvalue weighted by molar-refractivity contribution is -0.117. The van der Waals surface area contributed by atoms with Crippen LogP contribution in [0.15, 0.2) is 48.5 Å². The number of amides is 1. The number of fused-ring (bicyclic) bond motifs is 1. The second kappa shape index (κ2) is 5.87. The Balaban J connectivity index is 1.80. The summed E-state index contributed by atoms with van der Waals surface area (Å²) in [5, 5.41) is 6.31. The highest BCUT2D eigenvalue weighted by Crippen LogP contribution is 2.32. The molecule has 2 aromatic rings. The number of nitrogens with one attached hydrogen (secondary N) is 2. The summed E-state index contributed by atoms with van der Waals surface area (Å²) in [7, 11) is 1.62. The van der Waals surface area contributed by atoms with Crippen LogP contribution in [0, 0.1) is 0 Å². The summed E-state index contributed by atoms with van der Waals surface area (Å²) in [5.74, 6) is 0.643. The summed E-state index contributed by atoms with van der Waals surface area (Å²) in [6.07, 6.45) is 0.798. The molecule has 0 saturated heterocycles. The molecule has 0 bridgehead atoms. The van der Waals surface area contributed by atoms with Gasteiger partial charge >= 0.3 is 0 Å². The molecule has 0 radical (unpaired) electrons. The molecule has 3 rings (SSSR count). The van der Waals surface area contributed by atoms with Gasteiger partial charge in [-0.25, -0.2) is 0 Å². The highest BCUT2D eigenvalue weighted by molar-refractivity contribution is 5.97. The molecule has 1 aliphatic rings. The second-order valence-electron chi connectivity index (χ2n) is 5.08. The monoisotopic (exact) mass is 282 g/mol. The van der Waals surface area contributed by atoms with E-state index in [9.17, 15) is 4.79 Å². The average Bonchev–Trinajstić information content (AvgIpc) is 2.54. The number of hydrogen-bond acceptors (Lipinski definition) is 3. The van der Waals surface area contributed by atoms with Crippen LogP contribution in [0.3, 0.4) is 0 Å². The molecule has 0 aliphatic carbocycles. The van der Waals surface area contributed by atoms with Gasteiger partial charge in [0, 0.05) is 24.0 Å². The third-order valence-electron chi connectivity index (χ3n) is 3.74. The number of methoxy groups -OCH3 is 1. The Kier molecular flexibility index (Phi) is 3.77. The number of rotatable bonds is 3. The van der Waals surface area contributed by atoms with Crippen molar-refractivity contribution in [1.29, 1.82) is 0 Å². The third kappa shape index (κ3) is 2.84. The molecule has 1 amide bonds. The van der Waals surface area contributed by atoms with Crippen molar-refractivity contribution < 1.29 is 9.53 Å². The van der Waals surface area contributed by atoms with Crippen molar-refractivity contribution in [3.05, 3.63) is 54.1 Å². The largest absolute Gasteiger partial charge is 0.497 e. The van der Waals surface area contributed by atoms with E-state index in [2.05, 4.69) is 10.6 Å². The fourth-order valence-corrected chi connectivity index (χ4v) is 2.67. The first-order valence-electron chi connectivity index (χ1n) is 7.05. The van der Waals surface area contributed by atoms with Gasteiger partial charge in [0.25, 0.3) is 0 Å². The topological polar surface area (TPSA) is 50.4 Å². The highest BCUT2D eigenvalue weighted by Gasteiger charge is 2.26. The van der Waals surface area contributed by atoms with Crippen LogP contribution in [0.5, 0.6) is 5.75 Å². The number of benzene rings is 2. The van der Waals surface area contributed by atoms with Crippen LogP contribution >= 0.6 is 0 Å². The van der Waals surface area contributed by atoms with Gasteiger partial charge in [0.2, 0.25) is 5.91 Å². The van der Waals surface area contributed by atoms with E-state index in [-0.39, 0.29) is 11.8 Å². The summed E-state index contributed by atoms with van der Waals surface area (Å²) in [6, 6.07) is 15.4. The minimum atomic E-state index is -0.117. The van der Waals surface area contributed by atoms with Crippen LogP contribution in [0.25, 0.3) is 0 Å². The molecule has 1 heterocycles. The smallest absolute Gasteiger partial charge is 0.232 e. The number of para-hydroxylation sites is 1. The van der Waals surface area contributed by atoms with Crippen LogP contribution in [-0.4, -0.2) is 19.6 Å². The zero-order chi connectivity index (χ0) is 14.7. The summed E-state index contributed by atoms with van der Waals surface area (Å²) in [4.78, 5) is 12.6. The van der Waals surface area contributed by atoms with Gasteiger partial charge in [-0.3, -0.25) is 4.79 Å². The molecule has 0 aromatic heterocycles. The Bertz CT molecular complexity index is 655. The molecule has 0 spiro atoms. The Morgan fingerprint density at radius 1 is 1.24 bits per heavy atom. The first-order chi connectivity index (χ1) is 10.3. The lowest BCUT2D eigenvalue weighted by atomic mass is 9.90. The predicted molar refractivity (Wildman–Crippen MR) is 83.9 cm³/mol. The lowest BCUT2D eigenvalue weighted by Crippen LogP contribution is -2.27. The number of carbonyl (C=O) groups excluding carboxylic acids is 1. The quantitative estimate of drug-likeness (QED) is 0.908. The molecule has 2 aromatic carbocycles. The van der Waals surface area contributed by atoms with Gasteiger partial charge in [0.05, 0.1) is 13.0 Å². The number of ether oxygens (including phenoxy) is 1. The molecule has 108 valence electrons. The minimum Gasteiger partial charge on any atom is -0.497 e. The minimum absolute atomic E-state index is 0.0252. The van der Waals surface area contributed by atoms with Gasteiger partial charge in [-0.1, -0.05) is 24.3 Å². The molecule has 2 N–H and O–H groups in total. The Labute approximate surface area is 124 Å². The second-order valence-corrected chi connectivity index (χ2v) is 5.08. The molecular formula is C17H18N2O2. The van der Waals surface area contributed by atoms with E-state index in [1.807, 2.05) is 48.5 Å². The molecule has 21 heavy (non-hydrogen) atoms. The van der Waals surface area contributed by atoms with Crippen molar-refractivity contribution in [1.82, 2.24) is 0 Å². The Morgan fingerprint density at radius 2 is 2.10 bits per heavy atom. The Hall–Kier alpha value is -2.49. The van der Waals surface area contributed by atoms with E-state index >= 15 is 0 Å². The molecule has 0 fully saturated rings. The highest BCUT2D eigenvalue weighted by atomic mass is 16.5. The standard InChI is InChI=1S/C17H18N2O2/c1-21-13-6-4-5-12(11-13)19-17(20)15-9-10-18-16-8-3-2-7-14(15)16/h2-8,11,15,18H,9-10H2,1H3,(H,19,20). The van der Waals surface area contributed by atoms with Crippen LogP contribution < -0.4 is 15.4 Å². The Morgan fingerprint density at radius 3 is 2.95 bits per heavy atom. The SMILES string of the molecule is COc1cccc(NC(=O)C2CCNc3ccccc32)c1. The summed E-state index contributed by atoms with van der Waals surface area (Å²) in [6.45, 7) is 0.813. The number of hydrogen-bond donors (Lipinski definition) is 2. The molecule has 1 aliphatic heterocycles. The van der Waals surface area contributed by atoms with E-state index in [0.29, 0.717) is 0 Å². The van der Waals surface area contributed by atoms with Gasteiger partial charge in [-0.05, 0) is 30.2 Å². The van der Waals surface area contributed by atoms with Crippen molar-refractivity contribution in [2.75, 3.05) is 24.3 Å². The molecular weight excluding hydrogens is 264 g/mol. The molecule has 4 nitrogen and oxygen atoms in total. The molecule has 1 atom stereocenters. The maximum atomic E-state index is 12.6. The van der Waals surface area contributed by atoms with Crippen molar-refractivity contribution >= 4 is 17.3 Å².